The molecule has 0 saturated heterocycles. The minimum Gasteiger partial charge on any atom is -0.345 e. The summed E-state index contributed by atoms with van der Waals surface area (Å²) in [5.41, 5.74) is 1.13. The van der Waals surface area contributed by atoms with E-state index in [1.54, 1.807) is 12.4 Å². The lowest BCUT2D eigenvalue weighted by atomic mass is 9.73. The van der Waals surface area contributed by atoms with Crippen molar-refractivity contribution < 1.29 is 4.79 Å². The minimum absolute atomic E-state index is 0.0176. The zero-order chi connectivity index (χ0) is 18.0. The van der Waals surface area contributed by atoms with E-state index >= 15 is 0 Å². The first-order valence-electron chi connectivity index (χ1n) is 8.96. The SMILES string of the molecule is O=C(NC12CCCC(C#Cc3cccc(Cl)c3)(CC1)C2)c1cnccn1. The highest BCUT2D eigenvalue weighted by atomic mass is 35.5. The van der Waals surface area contributed by atoms with Crippen LogP contribution in [0.4, 0.5) is 0 Å². The van der Waals surface area contributed by atoms with Gasteiger partial charge in [-0.05, 0) is 56.7 Å². The number of nitrogens with one attached hydrogen (secondary N) is 1. The van der Waals surface area contributed by atoms with Crippen molar-refractivity contribution in [3.05, 3.63) is 59.1 Å². The van der Waals surface area contributed by atoms with Crippen molar-refractivity contribution in [2.75, 3.05) is 0 Å². The van der Waals surface area contributed by atoms with Gasteiger partial charge in [0.05, 0.1) is 6.20 Å². The number of fused-ring (bicyclic) bond motifs is 2. The van der Waals surface area contributed by atoms with Crippen molar-refractivity contribution in [3.8, 4) is 11.8 Å². The Bertz CT molecular complexity index is 889. The summed E-state index contributed by atoms with van der Waals surface area (Å²) in [7, 11) is 0. The van der Waals surface area contributed by atoms with E-state index in [9.17, 15) is 4.79 Å². The molecule has 2 aliphatic carbocycles. The van der Waals surface area contributed by atoms with Gasteiger partial charge in [0.1, 0.15) is 5.69 Å². The Kier molecular flexibility index (Phi) is 4.42. The maximum Gasteiger partial charge on any atom is 0.271 e. The van der Waals surface area contributed by atoms with E-state index in [4.69, 9.17) is 11.6 Å². The lowest BCUT2D eigenvalue weighted by molar-refractivity contribution is 0.0866. The molecule has 2 unspecified atom stereocenters. The van der Waals surface area contributed by atoms with Crippen LogP contribution in [0, 0.1) is 17.3 Å². The fourth-order valence-electron chi connectivity index (χ4n) is 4.33. The molecule has 0 aliphatic heterocycles. The fourth-order valence-corrected chi connectivity index (χ4v) is 4.52. The third-order valence-electron chi connectivity index (χ3n) is 5.54. The molecule has 1 aromatic heterocycles. The molecule has 4 nitrogen and oxygen atoms in total. The quantitative estimate of drug-likeness (QED) is 0.818. The Morgan fingerprint density at radius 1 is 1.19 bits per heavy atom. The largest absolute Gasteiger partial charge is 0.345 e. The molecular weight excluding hydrogens is 346 g/mol. The average Bonchev–Trinajstić information content (AvgIpc) is 2.91. The Labute approximate surface area is 158 Å². The summed E-state index contributed by atoms with van der Waals surface area (Å²) in [6.45, 7) is 0. The Hall–Kier alpha value is -2.38. The van der Waals surface area contributed by atoms with Crippen molar-refractivity contribution in [2.24, 2.45) is 5.41 Å². The van der Waals surface area contributed by atoms with Crippen LogP contribution in [0.5, 0.6) is 0 Å². The predicted molar refractivity (Wildman–Crippen MR) is 101 cm³/mol. The van der Waals surface area contributed by atoms with E-state index in [0.29, 0.717) is 10.7 Å². The summed E-state index contributed by atoms with van der Waals surface area (Å²) in [5.74, 6) is 6.69. The van der Waals surface area contributed by atoms with Gasteiger partial charge in [-0.25, -0.2) is 4.98 Å². The second kappa shape index (κ2) is 6.74. The molecule has 2 fully saturated rings. The Morgan fingerprint density at radius 2 is 2.12 bits per heavy atom. The molecule has 2 bridgehead atoms. The number of amides is 1. The van der Waals surface area contributed by atoms with E-state index in [1.807, 2.05) is 24.3 Å². The van der Waals surface area contributed by atoms with Gasteiger partial charge in [0, 0.05) is 33.9 Å². The molecule has 4 rings (SSSR count). The zero-order valence-corrected chi connectivity index (χ0v) is 15.2. The number of carbonyl (C=O) groups excluding carboxylic acids is 1. The highest BCUT2D eigenvalue weighted by molar-refractivity contribution is 6.30. The summed E-state index contributed by atoms with van der Waals surface area (Å²) in [5, 5.41) is 3.95. The molecular formula is C21H20ClN3O. The molecule has 5 heteroatoms. The number of rotatable bonds is 2. The standard InChI is InChI=1S/C21H20ClN3O/c22-17-4-1-3-16(13-17)5-8-20-6-2-7-21(15-20,10-9-20)25-19(26)18-14-23-11-12-24-18/h1,3-4,11-14H,2,6-7,9-10,15H2,(H,25,26). The molecule has 2 aliphatic rings. The molecule has 0 spiro atoms. The molecule has 1 N–H and O–H groups in total. The van der Waals surface area contributed by atoms with Crippen LogP contribution in [0.2, 0.25) is 5.02 Å². The van der Waals surface area contributed by atoms with E-state index < -0.39 is 0 Å². The van der Waals surface area contributed by atoms with Gasteiger partial charge in [0.25, 0.3) is 5.91 Å². The highest BCUT2D eigenvalue weighted by Gasteiger charge is 2.51. The first kappa shape index (κ1) is 17.1. The number of hydrogen-bond donors (Lipinski definition) is 1. The van der Waals surface area contributed by atoms with E-state index in [-0.39, 0.29) is 16.9 Å². The maximum atomic E-state index is 12.6. The van der Waals surface area contributed by atoms with Crippen molar-refractivity contribution in [1.29, 1.82) is 0 Å². The van der Waals surface area contributed by atoms with Crippen LogP contribution in [0.15, 0.2) is 42.9 Å². The van der Waals surface area contributed by atoms with Gasteiger partial charge >= 0.3 is 0 Å². The van der Waals surface area contributed by atoms with Gasteiger partial charge in [-0.15, -0.1) is 0 Å². The molecule has 1 heterocycles. The number of carbonyl (C=O) groups is 1. The van der Waals surface area contributed by atoms with Crippen LogP contribution < -0.4 is 5.32 Å². The first-order valence-corrected chi connectivity index (χ1v) is 9.33. The second-order valence-electron chi connectivity index (χ2n) is 7.40. The van der Waals surface area contributed by atoms with Gasteiger partial charge in [0.2, 0.25) is 0 Å². The third-order valence-corrected chi connectivity index (χ3v) is 5.78. The van der Waals surface area contributed by atoms with Crippen LogP contribution in [0.3, 0.4) is 0 Å². The first-order chi connectivity index (χ1) is 12.6. The molecule has 2 atom stereocenters. The molecule has 132 valence electrons. The molecule has 2 aromatic rings. The molecule has 0 radical (unpaired) electrons. The van der Waals surface area contributed by atoms with Gasteiger partial charge in [-0.2, -0.15) is 0 Å². The molecule has 2 saturated carbocycles. The van der Waals surface area contributed by atoms with Crippen LogP contribution in [-0.2, 0) is 0 Å². The Morgan fingerprint density at radius 3 is 2.92 bits per heavy atom. The molecule has 26 heavy (non-hydrogen) atoms. The van der Waals surface area contributed by atoms with E-state index in [0.717, 1.165) is 44.1 Å². The van der Waals surface area contributed by atoms with Gasteiger partial charge < -0.3 is 5.32 Å². The van der Waals surface area contributed by atoms with Crippen LogP contribution in [-0.4, -0.2) is 21.4 Å². The molecule has 1 aromatic carbocycles. The van der Waals surface area contributed by atoms with Gasteiger partial charge in [-0.1, -0.05) is 29.5 Å². The number of hydrogen-bond acceptors (Lipinski definition) is 3. The predicted octanol–water partition coefficient (Wildman–Crippen LogP) is 4.00. The minimum atomic E-state index is -0.171. The highest BCUT2D eigenvalue weighted by Crippen LogP contribution is 2.53. The van der Waals surface area contributed by atoms with Crippen LogP contribution in [0.25, 0.3) is 0 Å². The van der Waals surface area contributed by atoms with Crippen molar-refractivity contribution >= 4 is 17.5 Å². The second-order valence-corrected chi connectivity index (χ2v) is 7.83. The average molecular weight is 366 g/mol. The maximum absolute atomic E-state index is 12.6. The monoisotopic (exact) mass is 365 g/mol. The summed E-state index contributed by atoms with van der Waals surface area (Å²) in [6.07, 6.45) is 10.7. The summed E-state index contributed by atoms with van der Waals surface area (Å²) >= 11 is 6.05. The number of benzene rings is 1. The van der Waals surface area contributed by atoms with Gasteiger partial charge in [0.15, 0.2) is 0 Å². The fraction of sp³-hybridized carbons (Fsp3) is 0.381. The lowest BCUT2D eigenvalue weighted by Gasteiger charge is -2.37. The Balaban J connectivity index is 1.52. The topological polar surface area (TPSA) is 54.9 Å². The van der Waals surface area contributed by atoms with E-state index in [2.05, 4.69) is 27.1 Å². The number of aromatic nitrogens is 2. The van der Waals surface area contributed by atoms with Crippen molar-refractivity contribution in [2.45, 2.75) is 44.1 Å². The summed E-state index contributed by atoms with van der Waals surface area (Å²) in [6, 6.07) is 7.65. The number of halogens is 1. The zero-order valence-electron chi connectivity index (χ0n) is 14.5. The van der Waals surface area contributed by atoms with Crippen molar-refractivity contribution in [3.63, 3.8) is 0 Å². The molecule has 1 amide bonds. The third kappa shape index (κ3) is 3.45. The lowest BCUT2D eigenvalue weighted by Crippen LogP contribution is -2.49. The number of nitrogens with zero attached hydrogens (tertiary/aromatic N) is 2. The van der Waals surface area contributed by atoms with Crippen LogP contribution >= 0.6 is 11.6 Å². The summed E-state index contributed by atoms with van der Waals surface area (Å²) < 4.78 is 0. The normalized spacial score (nSPS) is 26.7. The van der Waals surface area contributed by atoms with Crippen LogP contribution in [0.1, 0.15) is 54.6 Å². The smallest absolute Gasteiger partial charge is 0.271 e. The summed E-state index contributed by atoms with van der Waals surface area (Å²) in [4.78, 5) is 20.6. The van der Waals surface area contributed by atoms with Crippen molar-refractivity contribution in [1.82, 2.24) is 15.3 Å². The van der Waals surface area contributed by atoms with Gasteiger partial charge in [-0.3, -0.25) is 9.78 Å². The van der Waals surface area contributed by atoms with E-state index in [1.165, 1.54) is 6.20 Å².